The van der Waals surface area contributed by atoms with Gasteiger partial charge in [0.25, 0.3) is 10.0 Å². The van der Waals surface area contributed by atoms with Crippen LogP contribution in [0, 0.1) is 0 Å². The summed E-state index contributed by atoms with van der Waals surface area (Å²) in [7, 11) is 1.12. The van der Waals surface area contributed by atoms with Crippen molar-refractivity contribution in [2.45, 2.75) is 62.0 Å². The number of hydrogen-bond acceptors (Lipinski definition) is 8. The number of sulfonamides is 1. The quantitative estimate of drug-likeness (QED) is 0.125. The third-order valence-corrected chi connectivity index (χ3v) is 12.0. The highest BCUT2D eigenvalue weighted by Gasteiger charge is 2.37. The summed E-state index contributed by atoms with van der Waals surface area (Å²) >= 11 is 13.4. The van der Waals surface area contributed by atoms with Crippen molar-refractivity contribution in [3.63, 3.8) is 0 Å². The molecular weight excluding hydrogens is 753 g/mol. The molecule has 0 aliphatic heterocycles. The minimum atomic E-state index is -4.55. The Bertz CT molecular complexity index is 2010. The number of halogens is 2. The largest absolute Gasteiger partial charge is 0.497 e. The van der Waals surface area contributed by atoms with Crippen LogP contribution in [0.5, 0.6) is 23.0 Å². The second-order valence-corrected chi connectivity index (χ2v) is 15.5. The van der Waals surface area contributed by atoms with Gasteiger partial charge in [0.15, 0.2) is 11.5 Å². The number of nitrogens with one attached hydrogen (secondary N) is 1. The van der Waals surface area contributed by atoms with Crippen molar-refractivity contribution in [2.75, 3.05) is 39.3 Å². The molecule has 0 radical (unpaired) electrons. The summed E-state index contributed by atoms with van der Waals surface area (Å²) in [6.45, 7) is -0.934. The Morgan fingerprint density at radius 2 is 1.43 bits per heavy atom. The molecule has 1 fully saturated rings. The van der Waals surface area contributed by atoms with Crippen LogP contribution in [0.4, 0.5) is 5.69 Å². The fourth-order valence-corrected chi connectivity index (χ4v) is 8.51. The highest BCUT2D eigenvalue weighted by atomic mass is 35.5. The molecule has 0 spiro atoms. The van der Waals surface area contributed by atoms with E-state index in [0.29, 0.717) is 17.1 Å². The maximum Gasteiger partial charge on any atom is 0.265 e. The first-order valence-electron chi connectivity index (χ1n) is 17.5. The van der Waals surface area contributed by atoms with E-state index in [0.717, 1.165) is 42.0 Å². The molecule has 1 saturated carbocycles. The van der Waals surface area contributed by atoms with Crippen LogP contribution in [-0.2, 0) is 32.6 Å². The third-order valence-electron chi connectivity index (χ3n) is 9.49. The summed E-state index contributed by atoms with van der Waals surface area (Å²) in [4.78, 5) is 30.7. The standard InChI is InChI=1S/C40H45Cl2N3O8S/c1-50-29-18-20-36(51-2)34(23-29)45(54(48,49)30-19-21-37(52-3)38(24-30)53-4)26-39(46)44(25-31-32(41)16-11-17-33(31)42)35(22-27-12-7-5-8-13-27)40(47)43-28-14-9-6-10-15-28/h5,7-8,11-13,16-21,23-24,28,35H,6,9-10,14-15,22,25-26H2,1-4H3,(H,43,47)/t35-/m0/s1. The van der Waals surface area contributed by atoms with Crippen molar-refractivity contribution in [2.24, 2.45) is 0 Å². The van der Waals surface area contributed by atoms with Gasteiger partial charge in [-0.05, 0) is 54.8 Å². The smallest absolute Gasteiger partial charge is 0.265 e. The van der Waals surface area contributed by atoms with E-state index in [2.05, 4.69) is 5.32 Å². The molecule has 5 rings (SSSR count). The molecule has 4 aromatic carbocycles. The second kappa shape index (κ2) is 18.6. The van der Waals surface area contributed by atoms with Gasteiger partial charge < -0.3 is 29.2 Å². The van der Waals surface area contributed by atoms with Crippen LogP contribution in [-0.4, -0.2) is 72.2 Å². The third kappa shape index (κ3) is 9.52. The molecule has 14 heteroatoms. The number of benzene rings is 4. The maximum absolute atomic E-state index is 15.1. The van der Waals surface area contributed by atoms with Gasteiger partial charge in [0.1, 0.15) is 24.1 Å². The van der Waals surface area contributed by atoms with Crippen LogP contribution in [0.1, 0.15) is 43.2 Å². The molecule has 2 amide bonds. The van der Waals surface area contributed by atoms with Crippen molar-refractivity contribution >= 4 is 50.7 Å². The van der Waals surface area contributed by atoms with Crippen LogP contribution < -0.4 is 28.6 Å². The molecule has 1 N–H and O–H groups in total. The molecule has 1 aliphatic carbocycles. The highest BCUT2D eigenvalue weighted by Crippen LogP contribution is 2.38. The summed E-state index contributed by atoms with van der Waals surface area (Å²) in [6, 6.07) is 21.9. The fourth-order valence-electron chi connectivity index (χ4n) is 6.56. The summed E-state index contributed by atoms with van der Waals surface area (Å²) < 4.78 is 52.4. The monoisotopic (exact) mass is 797 g/mol. The van der Waals surface area contributed by atoms with E-state index in [4.69, 9.17) is 42.1 Å². The molecule has 0 saturated heterocycles. The summed E-state index contributed by atoms with van der Waals surface area (Å²) in [6.07, 6.45) is 4.84. The zero-order valence-corrected chi connectivity index (χ0v) is 33.0. The number of nitrogens with zero attached hydrogens (tertiary/aromatic N) is 2. The summed E-state index contributed by atoms with van der Waals surface area (Å²) in [5, 5.41) is 3.77. The van der Waals surface area contributed by atoms with E-state index in [-0.39, 0.29) is 57.0 Å². The highest BCUT2D eigenvalue weighted by molar-refractivity contribution is 7.92. The van der Waals surface area contributed by atoms with E-state index < -0.39 is 28.5 Å². The Morgan fingerprint density at radius 3 is 2.06 bits per heavy atom. The Hall–Kier alpha value is -4.65. The van der Waals surface area contributed by atoms with Gasteiger partial charge in [0.05, 0.1) is 39.0 Å². The van der Waals surface area contributed by atoms with E-state index in [1.54, 1.807) is 30.3 Å². The normalized spacial score (nSPS) is 13.7. The lowest BCUT2D eigenvalue weighted by Crippen LogP contribution is -2.55. The number of hydrogen-bond donors (Lipinski definition) is 1. The molecule has 288 valence electrons. The molecule has 54 heavy (non-hydrogen) atoms. The molecule has 4 aromatic rings. The lowest BCUT2D eigenvalue weighted by molar-refractivity contribution is -0.140. The number of carbonyl (C=O) groups excluding carboxylic acids is 2. The van der Waals surface area contributed by atoms with Crippen LogP contribution in [0.25, 0.3) is 0 Å². The van der Waals surface area contributed by atoms with Crippen molar-refractivity contribution in [3.8, 4) is 23.0 Å². The molecular formula is C40H45Cl2N3O8S. The second-order valence-electron chi connectivity index (χ2n) is 12.8. The van der Waals surface area contributed by atoms with E-state index >= 15 is 4.79 Å². The predicted octanol–water partition coefficient (Wildman–Crippen LogP) is 7.31. The van der Waals surface area contributed by atoms with Crippen LogP contribution >= 0.6 is 23.2 Å². The Labute approximate surface area is 327 Å². The maximum atomic E-state index is 15.1. The minimum absolute atomic E-state index is 0.0296. The van der Waals surface area contributed by atoms with Crippen LogP contribution in [0.3, 0.4) is 0 Å². The molecule has 0 aromatic heterocycles. The summed E-state index contributed by atoms with van der Waals surface area (Å²) in [5.74, 6) is -0.105. The van der Waals surface area contributed by atoms with Gasteiger partial charge >= 0.3 is 0 Å². The number of anilines is 1. The lowest BCUT2D eigenvalue weighted by Gasteiger charge is -2.35. The topological polar surface area (TPSA) is 124 Å². The van der Waals surface area contributed by atoms with Gasteiger partial charge in [-0.15, -0.1) is 0 Å². The van der Waals surface area contributed by atoms with Crippen molar-refractivity contribution < 1.29 is 37.0 Å². The van der Waals surface area contributed by atoms with Crippen molar-refractivity contribution in [3.05, 3.63) is 106 Å². The van der Waals surface area contributed by atoms with Gasteiger partial charge in [-0.2, -0.15) is 0 Å². The zero-order valence-electron chi connectivity index (χ0n) is 30.7. The number of amides is 2. The fraction of sp³-hybridized carbons (Fsp3) is 0.350. The van der Waals surface area contributed by atoms with E-state index in [1.807, 2.05) is 30.3 Å². The van der Waals surface area contributed by atoms with Gasteiger partial charge in [-0.3, -0.25) is 13.9 Å². The number of rotatable bonds is 16. The Morgan fingerprint density at radius 1 is 0.778 bits per heavy atom. The predicted molar refractivity (Wildman–Crippen MR) is 210 cm³/mol. The van der Waals surface area contributed by atoms with E-state index in [1.165, 1.54) is 57.6 Å². The number of methoxy groups -OCH3 is 4. The SMILES string of the molecule is COc1ccc(OC)c(N(CC(=O)N(Cc2c(Cl)cccc2Cl)[C@@H](Cc2ccccc2)C(=O)NC2CCCCC2)S(=O)(=O)c2ccc(OC)c(OC)c2)c1. The molecule has 11 nitrogen and oxygen atoms in total. The number of ether oxygens (including phenoxy) is 4. The molecule has 0 bridgehead atoms. The first kappa shape index (κ1) is 40.5. The van der Waals surface area contributed by atoms with Crippen LogP contribution in [0.15, 0.2) is 89.8 Å². The zero-order chi connectivity index (χ0) is 38.8. The number of carbonyl (C=O) groups is 2. The van der Waals surface area contributed by atoms with E-state index in [9.17, 15) is 13.2 Å². The van der Waals surface area contributed by atoms with Crippen molar-refractivity contribution in [1.29, 1.82) is 0 Å². The minimum Gasteiger partial charge on any atom is -0.497 e. The Kier molecular flexibility index (Phi) is 14.0. The lowest BCUT2D eigenvalue weighted by atomic mass is 9.94. The first-order valence-corrected chi connectivity index (χ1v) is 19.7. The van der Waals surface area contributed by atoms with Crippen molar-refractivity contribution in [1.82, 2.24) is 10.2 Å². The van der Waals surface area contributed by atoms with Gasteiger partial charge in [-0.25, -0.2) is 8.42 Å². The summed E-state index contributed by atoms with van der Waals surface area (Å²) in [5.41, 5.74) is 1.24. The van der Waals surface area contributed by atoms with Gasteiger partial charge in [0.2, 0.25) is 11.8 Å². The van der Waals surface area contributed by atoms with Gasteiger partial charge in [-0.1, -0.05) is 78.9 Å². The van der Waals surface area contributed by atoms with Crippen LogP contribution in [0.2, 0.25) is 10.0 Å². The molecule has 0 heterocycles. The van der Waals surface area contributed by atoms with Gasteiger partial charge in [0, 0.05) is 46.7 Å². The molecule has 1 aliphatic rings. The Balaban J connectivity index is 1.66. The molecule has 0 unspecified atom stereocenters. The molecule has 1 atom stereocenters. The first-order chi connectivity index (χ1) is 26.0. The average molecular weight is 799 g/mol. The average Bonchev–Trinajstić information content (AvgIpc) is 3.19.